The van der Waals surface area contributed by atoms with Gasteiger partial charge in [-0.2, -0.15) is 0 Å². The molecule has 0 atom stereocenters. The minimum absolute atomic E-state index is 0.394. The number of rotatable bonds is 7. The molecule has 2 aromatic rings. The van der Waals surface area contributed by atoms with E-state index in [1.807, 2.05) is 0 Å². The molecule has 0 fully saturated rings. The van der Waals surface area contributed by atoms with Crippen molar-refractivity contribution in [1.82, 2.24) is 0 Å². The molecular weight excluding hydrogens is 388 g/mol. The normalized spacial score (nSPS) is 13.8. The Kier molecular flexibility index (Phi) is 8.40. The van der Waals surface area contributed by atoms with Crippen molar-refractivity contribution in [3.8, 4) is 0 Å². The zero-order valence-corrected chi connectivity index (χ0v) is 21.9. The van der Waals surface area contributed by atoms with E-state index in [0.29, 0.717) is 23.7 Å². The van der Waals surface area contributed by atoms with E-state index in [0.717, 1.165) is 22.5 Å². The van der Waals surface area contributed by atoms with E-state index >= 15 is 0 Å². The summed E-state index contributed by atoms with van der Waals surface area (Å²) in [5, 5.41) is 0. The maximum atomic E-state index is 6.92. The van der Waals surface area contributed by atoms with Gasteiger partial charge < -0.3 is 11.5 Å². The molecule has 4 N–H and O–H groups in total. The van der Waals surface area contributed by atoms with Crippen molar-refractivity contribution in [3.63, 3.8) is 0 Å². The van der Waals surface area contributed by atoms with Gasteiger partial charge in [0.05, 0.1) is 0 Å². The Balaban J connectivity index is 2.84. The molecule has 2 nitrogen and oxygen atoms in total. The lowest BCUT2D eigenvalue weighted by atomic mass is 9.83. The number of nitrogens with two attached hydrogens (primary N) is 2. The van der Waals surface area contributed by atoms with E-state index in [1.165, 1.54) is 33.4 Å². The second-order valence-electron chi connectivity index (χ2n) is 10.3. The lowest BCUT2D eigenvalue weighted by molar-refractivity contribution is 0.824. The standard InChI is InChI=1S/C30H44N2/c1-17(2)23-13-11-14-24(18(3)4)27(23)29(31)21(9)22(10)30(32)28-25(19(5)6)15-12-16-26(28)20(7)8/h11-20H,31-32H2,1-10H3. The minimum atomic E-state index is 0.394. The Morgan fingerprint density at radius 1 is 0.500 bits per heavy atom. The molecule has 2 rings (SSSR count). The van der Waals surface area contributed by atoms with Crippen LogP contribution in [0.25, 0.3) is 11.4 Å². The number of hydrogen-bond acceptors (Lipinski definition) is 2. The Bertz CT molecular complexity index is 881. The van der Waals surface area contributed by atoms with Gasteiger partial charge in [-0.25, -0.2) is 0 Å². The Hall–Kier alpha value is -2.48. The van der Waals surface area contributed by atoms with E-state index in [4.69, 9.17) is 11.5 Å². The number of hydrogen-bond donors (Lipinski definition) is 2. The summed E-state index contributed by atoms with van der Waals surface area (Å²) in [6, 6.07) is 13.1. The molecule has 174 valence electrons. The largest absolute Gasteiger partial charge is 0.398 e. The van der Waals surface area contributed by atoms with Crippen LogP contribution in [0.2, 0.25) is 0 Å². The highest BCUT2D eigenvalue weighted by molar-refractivity contribution is 5.81. The second kappa shape index (κ2) is 10.4. The average molecular weight is 433 g/mol. The highest BCUT2D eigenvalue weighted by Crippen LogP contribution is 2.37. The Morgan fingerprint density at radius 3 is 0.906 bits per heavy atom. The van der Waals surface area contributed by atoms with Crippen molar-refractivity contribution in [3.05, 3.63) is 80.9 Å². The van der Waals surface area contributed by atoms with Crippen molar-refractivity contribution < 1.29 is 0 Å². The highest BCUT2D eigenvalue weighted by Gasteiger charge is 2.21. The van der Waals surface area contributed by atoms with Crippen LogP contribution in [-0.2, 0) is 0 Å². The SMILES string of the molecule is CC(C(C)=C(N)c1c(C(C)C)cccc1C(C)C)=C(N)c1c(C(C)C)cccc1C(C)C. The first-order valence-corrected chi connectivity index (χ1v) is 12.1. The number of allylic oxidation sites excluding steroid dienone is 2. The van der Waals surface area contributed by atoms with Gasteiger partial charge in [0.1, 0.15) is 0 Å². The summed E-state index contributed by atoms with van der Waals surface area (Å²) >= 11 is 0. The van der Waals surface area contributed by atoms with Crippen LogP contribution in [0, 0.1) is 0 Å². The van der Waals surface area contributed by atoms with E-state index in [1.54, 1.807) is 0 Å². The fourth-order valence-electron chi connectivity index (χ4n) is 4.50. The molecule has 0 heterocycles. The van der Waals surface area contributed by atoms with Crippen LogP contribution in [0.4, 0.5) is 0 Å². The molecule has 0 aromatic heterocycles. The van der Waals surface area contributed by atoms with Gasteiger partial charge in [-0.15, -0.1) is 0 Å². The van der Waals surface area contributed by atoms with Crippen LogP contribution in [0.1, 0.15) is 126 Å². The zero-order chi connectivity index (χ0) is 24.3. The summed E-state index contributed by atoms with van der Waals surface area (Å²) in [7, 11) is 0. The van der Waals surface area contributed by atoms with E-state index < -0.39 is 0 Å². The van der Waals surface area contributed by atoms with Crippen molar-refractivity contribution in [1.29, 1.82) is 0 Å². The molecule has 32 heavy (non-hydrogen) atoms. The second-order valence-corrected chi connectivity index (χ2v) is 10.3. The van der Waals surface area contributed by atoms with Crippen molar-refractivity contribution in [2.75, 3.05) is 0 Å². The molecule has 0 saturated heterocycles. The van der Waals surface area contributed by atoms with Crippen LogP contribution in [0.3, 0.4) is 0 Å². The molecule has 0 aliphatic heterocycles. The van der Waals surface area contributed by atoms with E-state index in [2.05, 4.69) is 106 Å². The summed E-state index contributed by atoms with van der Waals surface area (Å²) in [4.78, 5) is 0. The molecule has 0 aliphatic rings. The first-order valence-electron chi connectivity index (χ1n) is 12.1. The third-order valence-electron chi connectivity index (χ3n) is 6.66. The molecule has 0 unspecified atom stereocenters. The molecule has 0 spiro atoms. The smallest absolute Gasteiger partial charge is 0.0426 e. The average Bonchev–Trinajstić information content (AvgIpc) is 2.75. The molecule has 0 amide bonds. The molecule has 0 bridgehead atoms. The first kappa shape index (κ1) is 25.8. The first-order chi connectivity index (χ1) is 14.9. The van der Waals surface area contributed by atoms with E-state index in [-0.39, 0.29) is 0 Å². The van der Waals surface area contributed by atoms with Crippen molar-refractivity contribution >= 4 is 11.4 Å². The molecule has 2 heteroatoms. The van der Waals surface area contributed by atoms with Gasteiger partial charge in [-0.3, -0.25) is 0 Å². The van der Waals surface area contributed by atoms with Gasteiger partial charge in [0.15, 0.2) is 0 Å². The van der Waals surface area contributed by atoms with Gasteiger partial charge in [-0.1, -0.05) is 91.8 Å². The maximum Gasteiger partial charge on any atom is 0.0426 e. The summed E-state index contributed by atoms with van der Waals surface area (Å²) in [5.41, 5.74) is 25.2. The van der Waals surface area contributed by atoms with Crippen LogP contribution in [0.15, 0.2) is 47.5 Å². The third kappa shape index (κ3) is 5.11. The lowest BCUT2D eigenvalue weighted by Gasteiger charge is -2.24. The van der Waals surface area contributed by atoms with Gasteiger partial charge in [0.25, 0.3) is 0 Å². The van der Waals surface area contributed by atoms with Gasteiger partial charge in [0, 0.05) is 22.5 Å². The predicted molar refractivity (Wildman–Crippen MR) is 143 cm³/mol. The molecule has 0 radical (unpaired) electrons. The van der Waals surface area contributed by atoms with Gasteiger partial charge in [-0.05, 0) is 70.9 Å². The molecule has 0 aliphatic carbocycles. The lowest BCUT2D eigenvalue weighted by Crippen LogP contribution is -2.13. The van der Waals surface area contributed by atoms with Crippen molar-refractivity contribution in [2.45, 2.75) is 92.9 Å². The third-order valence-corrected chi connectivity index (χ3v) is 6.66. The van der Waals surface area contributed by atoms with Crippen LogP contribution < -0.4 is 11.5 Å². The fourth-order valence-corrected chi connectivity index (χ4v) is 4.50. The zero-order valence-electron chi connectivity index (χ0n) is 21.9. The maximum absolute atomic E-state index is 6.92. The predicted octanol–water partition coefficient (Wildman–Crippen LogP) is 8.26. The number of benzene rings is 2. The Labute approximate surface area is 196 Å². The van der Waals surface area contributed by atoms with E-state index in [9.17, 15) is 0 Å². The monoisotopic (exact) mass is 432 g/mol. The highest BCUT2D eigenvalue weighted by atomic mass is 14.6. The topological polar surface area (TPSA) is 52.0 Å². The molecule has 2 aromatic carbocycles. The summed E-state index contributed by atoms with van der Waals surface area (Å²) in [6.07, 6.45) is 0. The fraction of sp³-hybridized carbons (Fsp3) is 0.467. The van der Waals surface area contributed by atoms with Crippen LogP contribution in [-0.4, -0.2) is 0 Å². The van der Waals surface area contributed by atoms with Crippen LogP contribution >= 0.6 is 0 Å². The summed E-state index contributed by atoms with van der Waals surface area (Å²) in [6.45, 7) is 22.1. The molecule has 0 saturated carbocycles. The quantitative estimate of drug-likeness (QED) is 0.433. The summed E-state index contributed by atoms with van der Waals surface area (Å²) < 4.78 is 0. The van der Waals surface area contributed by atoms with Gasteiger partial charge >= 0.3 is 0 Å². The minimum Gasteiger partial charge on any atom is -0.398 e. The van der Waals surface area contributed by atoms with Crippen molar-refractivity contribution in [2.24, 2.45) is 11.5 Å². The Morgan fingerprint density at radius 2 is 0.719 bits per heavy atom. The summed E-state index contributed by atoms with van der Waals surface area (Å²) in [5.74, 6) is 1.58. The van der Waals surface area contributed by atoms with Crippen LogP contribution in [0.5, 0.6) is 0 Å². The van der Waals surface area contributed by atoms with Gasteiger partial charge in [0.2, 0.25) is 0 Å². The molecular formula is C30H44N2.